The third-order valence-electron chi connectivity index (χ3n) is 10.8. The zero-order valence-electron chi connectivity index (χ0n) is 29.9. The molecule has 1 saturated heterocycles. The summed E-state index contributed by atoms with van der Waals surface area (Å²) in [5, 5.41) is 3.28. The molecule has 3 heterocycles. The van der Waals surface area contributed by atoms with Gasteiger partial charge in [0.25, 0.3) is 0 Å². The topological polar surface area (TPSA) is 92.6 Å². The smallest absolute Gasteiger partial charge is 0.312 e. The third kappa shape index (κ3) is 7.33. The lowest BCUT2D eigenvalue weighted by Crippen LogP contribution is -2.54. The summed E-state index contributed by atoms with van der Waals surface area (Å²) in [6.45, 7) is 34.1. The number of nitrogens with zero attached hydrogens (tertiary/aromatic N) is 4. The zero-order valence-corrected chi connectivity index (χ0v) is 32.9. The van der Waals surface area contributed by atoms with E-state index in [0.717, 1.165) is 12.8 Å². The first-order valence-corrected chi connectivity index (χ1v) is 24.9. The second-order valence-electron chi connectivity index (χ2n) is 17.4. The lowest BCUT2D eigenvalue weighted by molar-refractivity contribution is -0.0470. The Morgan fingerprint density at radius 3 is 1.86 bits per heavy atom. The van der Waals surface area contributed by atoms with Gasteiger partial charge in [0.05, 0.1) is 12.9 Å². The van der Waals surface area contributed by atoms with E-state index in [1.807, 2.05) is 4.57 Å². The summed E-state index contributed by atoms with van der Waals surface area (Å²) in [6.07, 6.45) is 1.04. The monoisotopic (exact) mass is 667 g/mol. The Hall–Kier alpha value is -1.23. The highest BCUT2D eigenvalue weighted by molar-refractivity contribution is 6.75. The van der Waals surface area contributed by atoms with E-state index in [4.69, 9.17) is 18.0 Å². The third-order valence-corrected chi connectivity index (χ3v) is 24.2. The first kappa shape index (κ1) is 35.6. The summed E-state index contributed by atoms with van der Waals surface area (Å²) in [6, 6.07) is 0.286. The molecule has 0 bridgehead atoms. The number of anilines is 1. The highest BCUT2D eigenvalue weighted by atomic mass is 28.4. The van der Waals surface area contributed by atoms with Gasteiger partial charge in [-0.2, -0.15) is 14.4 Å². The minimum Gasteiger partial charge on any atom is -0.414 e. The Morgan fingerprint density at radius 1 is 0.841 bits per heavy atom. The van der Waals surface area contributed by atoms with Crippen molar-refractivity contribution < 1.29 is 22.4 Å². The van der Waals surface area contributed by atoms with Crippen LogP contribution in [0.2, 0.25) is 54.4 Å². The molecule has 0 unspecified atom stereocenters. The number of aromatic nitrogens is 4. The number of rotatable bonds is 10. The molecule has 4 atom stereocenters. The van der Waals surface area contributed by atoms with Crippen molar-refractivity contribution in [3.05, 3.63) is 12.4 Å². The molecule has 2 aliphatic rings. The molecule has 2 aromatic rings. The van der Waals surface area contributed by atoms with Crippen LogP contribution in [0.15, 0.2) is 6.33 Å². The Morgan fingerprint density at radius 2 is 1.36 bits per heavy atom. The van der Waals surface area contributed by atoms with Gasteiger partial charge in [-0.25, -0.2) is 4.98 Å². The predicted molar refractivity (Wildman–Crippen MR) is 183 cm³/mol. The van der Waals surface area contributed by atoms with Gasteiger partial charge in [-0.15, -0.1) is 0 Å². The molecule has 1 aliphatic carbocycles. The summed E-state index contributed by atoms with van der Waals surface area (Å²) in [5.74, 6) is 0.417. The Kier molecular flexibility index (Phi) is 9.54. The van der Waals surface area contributed by atoms with Crippen LogP contribution >= 0.6 is 0 Å². The maximum Gasteiger partial charge on any atom is 0.312 e. The molecule has 9 nitrogen and oxygen atoms in total. The molecule has 0 radical (unpaired) electrons. The quantitative estimate of drug-likeness (QED) is 0.200. The first-order valence-electron chi connectivity index (χ1n) is 16.2. The van der Waals surface area contributed by atoms with Gasteiger partial charge in [0.1, 0.15) is 18.3 Å². The van der Waals surface area contributed by atoms with Gasteiger partial charge < -0.3 is 23.3 Å². The summed E-state index contributed by atoms with van der Waals surface area (Å²) in [7, 11) is -6.74. The van der Waals surface area contributed by atoms with Crippen molar-refractivity contribution in [1.82, 2.24) is 19.5 Å². The molecule has 13 heteroatoms. The molecule has 2 aromatic heterocycles. The second kappa shape index (κ2) is 11.8. The molecule has 1 aliphatic heterocycles. The van der Waals surface area contributed by atoms with E-state index in [1.54, 1.807) is 6.33 Å². The van der Waals surface area contributed by atoms with Crippen molar-refractivity contribution in [1.29, 1.82) is 0 Å². The van der Waals surface area contributed by atoms with E-state index in [0.29, 0.717) is 23.6 Å². The number of nitrogens with one attached hydrogen (secondary N) is 1. The lowest BCUT2D eigenvalue weighted by Gasteiger charge is -2.44. The second-order valence-corrected chi connectivity index (χ2v) is 31.7. The van der Waals surface area contributed by atoms with Gasteiger partial charge in [0, 0.05) is 6.04 Å². The molecule has 0 spiro atoms. The highest BCUT2D eigenvalue weighted by Gasteiger charge is 2.55. The Bertz CT molecular complexity index is 1330. The average Bonchev–Trinajstić information content (AvgIpc) is 3.47. The van der Waals surface area contributed by atoms with Crippen LogP contribution in [-0.2, 0) is 18.0 Å². The van der Waals surface area contributed by atoms with E-state index in [-0.39, 0.29) is 21.2 Å². The van der Waals surface area contributed by atoms with Gasteiger partial charge in [-0.3, -0.25) is 4.57 Å². The van der Waals surface area contributed by atoms with Crippen LogP contribution in [0, 0.1) is 6.08 Å². The standard InChI is InChI=1S/C31H58FN5O4Si3/c1-29(2,3)42(10,11)38-18-21-23(40-43(12,13)30(4,5)6)24(41-44(14,15)31(7,8)9)27(39-21)37-19-33-22-25(34-20-16-17-20)35-28(32)36-26(22)37/h19-21,23-24,27H,16-18H2,1-15H3,(H,34,35,36)/t21-,23-,24-,27-/m1/s1. The van der Waals surface area contributed by atoms with E-state index in [2.05, 4.69) is 122 Å². The lowest BCUT2D eigenvalue weighted by atomic mass is 10.1. The molecule has 0 aromatic carbocycles. The van der Waals surface area contributed by atoms with Crippen LogP contribution in [0.1, 0.15) is 81.4 Å². The fourth-order valence-electron chi connectivity index (χ4n) is 4.47. The van der Waals surface area contributed by atoms with Crippen LogP contribution in [0.25, 0.3) is 11.2 Å². The maximum atomic E-state index is 14.9. The number of fused-ring (bicyclic) bond motifs is 1. The highest BCUT2D eigenvalue weighted by Crippen LogP contribution is 2.47. The van der Waals surface area contributed by atoms with Crippen molar-refractivity contribution in [2.24, 2.45) is 0 Å². The summed E-state index contributed by atoms with van der Waals surface area (Å²) >= 11 is 0. The van der Waals surface area contributed by atoms with Crippen LogP contribution in [-0.4, -0.2) is 75.4 Å². The van der Waals surface area contributed by atoms with E-state index in [9.17, 15) is 4.39 Å². The van der Waals surface area contributed by atoms with Crippen LogP contribution in [0.4, 0.5) is 10.2 Å². The SMILES string of the molecule is CC(C)(C)[Si](C)(C)OC[C@H]1O[C@@H](n2cnc3c(NC4CC4)nc(F)nc32)[C@H](O[Si](C)(C)C(C)(C)C)[C@@H]1O[Si](C)(C)C(C)(C)C. The van der Waals surface area contributed by atoms with Gasteiger partial charge >= 0.3 is 6.08 Å². The van der Waals surface area contributed by atoms with Crippen molar-refractivity contribution in [3.63, 3.8) is 0 Å². The predicted octanol–water partition coefficient (Wildman–Crippen LogP) is 8.24. The van der Waals surface area contributed by atoms with Crippen molar-refractivity contribution in [3.8, 4) is 0 Å². The van der Waals surface area contributed by atoms with Gasteiger partial charge in [-0.1, -0.05) is 62.3 Å². The Balaban J connectivity index is 1.83. The molecule has 0 amide bonds. The first-order chi connectivity index (χ1) is 19.8. The molecule has 2 fully saturated rings. The summed E-state index contributed by atoms with van der Waals surface area (Å²) in [5.41, 5.74) is 0.905. The van der Waals surface area contributed by atoms with Gasteiger partial charge in [0.2, 0.25) is 0 Å². The van der Waals surface area contributed by atoms with Gasteiger partial charge in [0.15, 0.2) is 48.2 Å². The summed E-state index contributed by atoms with van der Waals surface area (Å²) in [4.78, 5) is 13.0. The normalized spacial score (nSPS) is 24.4. The molecule has 250 valence electrons. The Labute approximate surface area is 267 Å². The van der Waals surface area contributed by atoms with Crippen molar-refractivity contribution in [2.75, 3.05) is 11.9 Å². The van der Waals surface area contributed by atoms with Crippen LogP contribution in [0.3, 0.4) is 0 Å². The van der Waals surface area contributed by atoms with Crippen LogP contribution in [0.5, 0.6) is 0 Å². The fraction of sp³-hybridized carbons (Fsp3) is 0.839. The van der Waals surface area contributed by atoms with Crippen LogP contribution < -0.4 is 5.32 Å². The molecular weight excluding hydrogens is 610 g/mol. The molecular formula is C31H58FN5O4Si3. The fourth-order valence-corrected chi connectivity index (χ4v) is 8.09. The molecule has 4 rings (SSSR count). The van der Waals surface area contributed by atoms with E-state index < -0.39 is 55.6 Å². The van der Waals surface area contributed by atoms with Gasteiger partial charge in [-0.05, 0) is 67.2 Å². The minimum absolute atomic E-state index is 0.0289. The number of imidazole rings is 1. The summed E-state index contributed by atoms with van der Waals surface area (Å²) < 4.78 is 44.9. The van der Waals surface area contributed by atoms with E-state index in [1.165, 1.54) is 0 Å². The number of ether oxygens (including phenoxy) is 1. The van der Waals surface area contributed by atoms with Crippen molar-refractivity contribution in [2.45, 2.75) is 160 Å². The number of halogens is 1. The number of hydrogen-bond donors (Lipinski definition) is 1. The molecule has 1 saturated carbocycles. The van der Waals surface area contributed by atoms with Crippen molar-refractivity contribution >= 4 is 41.9 Å². The van der Waals surface area contributed by atoms with E-state index >= 15 is 0 Å². The molecule has 1 N–H and O–H groups in total. The largest absolute Gasteiger partial charge is 0.414 e. The average molecular weight is 668 g/mol. The zero-order chi connectivity index (χ0) is 33.3. The number of hydrogen-bond acceptors (Lipinski definition) is 8. The maximum absolute atomic E-state index is 14.9. The molecule has 44 heavy (non-hydrogen) atoms. The minimum atomic E-state index is -2.34.